The van der Waals surface area contributed by atoms with Crippen molar-refractivity contribution in [1.29, 1.82) is 0 Å². The molecule has 10 rings (SSSR count). The van der Waals surface area contributed by atoms with Crippen molar-refractivity contribution in [3.8, 4) is 0 Å². The van der Waals surface area contributed by atoms with Crippen LogP contribution in [0.2, 0.25) is 0 Å². The van der Waals surface area contributed by atoms with Gasteiger partial charge in [-0.2, -0.15) is 0 Å². The first-order chi connectivity index (χ1) is 25.8. The third-order valence-electron chi connectivity index (χ3n) is 10.2. The van der Waals surface area contributed by atoms with E-state index < -0.39 is 14.2 Å². The number of para-hydroxylation sites is 4. The molecule has 6 nitrogen and oxygen atoms in total. The van der Waals surface area contributed by atoms with E-state index in [1.807, 2.05) is 0 Å². The van der Waals surface area contributed by atoms with Gasteiger partial charge in [-0.15, -0.1) is 0 Å². The second-order valence-corrected chi connectivity index (χ2v) is 13.2. The fourth-order valence-electron chi connectivity index (χ4n) is 8.00. The summed E-state index contributed by atoms with van der Waals surface area (Å²) in [4.78, 5) is 4.70. The van der Waals surface area contributed by atoms with Gasteiger partial charge < -0.3 is 28.4 Å². The third-order valence-corrected chi connectivity index (χ3v) is 10.2. The van der Waals surface area contributed by atoms with E-state index in [0.717, 1.165) is 77.4 Å². The second-order valence-electron chi connectivity index (χ2n) is 13.2. The fraction of sp³-hybridized carbons (Fsp3) is 0.0909. The molecule has 2 fully saturated rings. The molecule has 0 atom stereocenters. The Morgan fingerprint density at radius 2 is 0.712 bits per heavy atom. The predicted octanol–water partition coefficient (Wildman–Crippen LogP) is 9.01. The zero-order valence-electron chi connectivity index (χ0n) is 28.5. The Morgan fingerprint density at radius 3 is 1.17 bits per heavy atom. The van der Waals surface area contributed by atoms with E-state index in [1.165, 1.54) is 0 Å². The average molecular weight is 676 g/mol. The van der Waals surface area contributed by atoms with Gasteiger partial charge >= 0.3 is 14.2 Å². The molecule has 0 bridgehead atoms. The zero-order chi connectivity index (χ0) is 34.4. The van der Waals surface area contributed by atoms with Gasteiger partial charge in [-0.3, -0.25) is 0 Å². The summed E-state index contributed by atoms with van der Waals surface area (Å²) in [5, 5.41) is 6.75. The Bertz CT molecular complexity index is 2410. The molecule has 8 aromatic carbocycles. The van der Waals surface area contributed by atoms with Gasteiger partial charge in [0.15, 0.2) is 0 Å². The smallest absolute Gasteiger partial charge is 0.405 e. The summed E-state index contributed by atoms with van der Waals surface area (Å²) >= 11 is 0. The molecule has 0 aromatic heterocycles. The van der Waals surface area contributed by atoms with Crippen LogP contribution in [-0.2, 0) is 18.6 Å². The van der Waals surface area contributed by atoms with Gasteiger partial charge in [0.1, 0.15) is 0 Å². The number of benzene rings is 8. The zero-order valence-corrected chi connectivity index (χ0v) is 28.5. The van der Waals surface area contributed by atoms with Gasteiger partial charge in [-0.1, -0.05) is 97.1 Å². The number of hydrogen-bond donors (Lipinski definition) is 0. The van der Waals surface area contributed by atoms with Gasteiger partial charge in [0.2, 0.25) is 0 Å². The fourth-order valence-corrected chi connectivity index (χ4v) is 8.00. The highest BCUT2D eigenvalue weighted by Crippen LogP contribution is 2.48. The molecule has 8 heteroatoms. The highest BCUT2D eigenvalue weighted by Gasteiger charge is 2.34. The van der Waals surface area contributed by atoms with Crippen molar-refractivity contribution < 1.29 is 18.6 Å². The standard InChI is InChI=1S/C44H34B2N2O4/c1-5-13-31(14-6-1)47(32-15-7-2-8-16-32)41-29-38-40(46-51-27-28-52-46)30-42(48(33-17-9-3-10-18-33)34-19-11-4-12-20-34)36-22-21-35-39(45-49-25-26-50-45)24-23-37(41)43(35)44(36)38/h1-24,29-30H,25-28H2. The van der Waals surface area contributed by atoms with Crippen molar-refractivity contribution in [1.82, 2.24) is 0 Å². The van der Waals surface area contributed by atoms with Gasteiger partial charge in [0.25, 0.3) is 0 Å². The first-order valence-corrected chi connectivity index (χ1v) is 17.9. The van der Waals surface area contributed by atoms with Crippen LogP contribution in [0.3, 0.4) is 0 Å². The Labute approximate surface area is 303 Å². The molecule has 0 spiro atoms. The van der Waals surface area contributed by atoms with Crippen LogP contribution in [0.5, 0.6) is 0 Å². The molecule has 0 N–H and O–H groups in total. The van der Waals surface area contributed by atoms with Crippen LogP contribution in [-0.4, -0.2) is 40.7 Å². The summed E-state index contributed by atoms with van der Waals surface area (Å²) in [6.45, 7) is 2.22. The van der Waals surface area contributed by atoms with Gasteiger partial charge in [-0.05, 0) is 93.1 Å². The molecule has 2 saturated heterocycles. The van der Waals surface area contributed by atoms with Crippen molar-refractivity contribution in [2.45, 2.75) is 0 Å². The molecule has 0 amide bonds. The molecule has 0 unspecified atom stereocenters. The quantitative estimate of drug-likeness (QED) is 0.118. The van der Waals surface area contributed by atoms with E-state index in [4.69, 9.17) is 18.6 Å². The number of hydrogen-bond acceptors (Lipinski definition) is 6. The van der Waals surface area contributed by atoms with E-state index in [9.17, 15) is 0 Å². The van der Waals surface area contributed by atoms with Crippen LogP contribution < -0.4 is 20.7 Å². The van der Waals surface area contributed by atoms with E-state index in [0.29, 0.717) is 26.4 Å². The summed E-state index contributed by atoms with van der Waals surface area (Å²) in [7, 11) is -0.953. The number of rotatable bonds is 8. The topological polar surface area (TPSA) is 43.4 Å². The van der Waals surface area contributed by atoms with Gasteiger partial charge in [0, 0.05) is 33.5 Å². The summed E-state index contributed by atoms with van der Waals surface area (Å²) in [5.74, 6) is 0. The van der Waals surface area contributed by atoms with E-state index in [-0.39, 0.29) is 0 Å². The molecule has 0 aliphatic carbocycles. The molecular weight excluding hydrogens is 642 g/mol. The minimum atomic E-state index is -0.521. The lowest BCUT2D eigenvalue weighted by molar-refractivity contribution is 0.365. The minimum Gasteiger partial charge on any atom is -0.405 e. The van der Waals surface area contributed by atoms with Crippen LogP contribution in [0.15, 0.2) is 158 Å². The maximum absolute atomic E-state index is 6.36. The van der Waals surface area contributed by atoms with Gasteiger partial charge in [0.05, 0.1) is 37.8 Å². The lowest BCUT2D eigenvalue weighted by Gasteiger charge is -2.31. The monoisotopic (exact) mass is 676 g/mol. The molecule has 2 heterocycles. The summed E-state index contributed by atoms with van der Waals surface area (Å²) in [6.07, 6.45) is 0. The first kappa shape index (κ1) is 31.1. The van der Waals surface area contributed by atoms with E-state index in [2.05, 4.69) is 168 Å². The molecule has 0 saturated carbocycles. The lowest BCUT2D eigenvalue weighted by Crippen LogP contribution is -2.34. The Morgan fingerprint density at radius 1 is 0.346 bits per heavy atom. The van der Waals surface area contributed by atoms with Crippen LogP contribution >= 0.6 is 0 Å². The Hall–Kier alpha value is -5.63. The minimum absolute atomic E-state index is 0.432. The molecule has 52 heavy (non-hydrogen) atoms. The Kier molecular flexibility index (Phi) is 7.88. The molecule has 2 aliphatic heterocycles. The predicted molar refractivity (Wildman–Crippen MR) is 214 cm³/mol. The van der Waals surface area contributed by atoms with Crippen molar-refractivity contribution in [3.05, 3.63) is 158 Å². The largest absolute Gasteiger partial charge is 0.494 e. The van der Waals surface area contributed by atoms with Crippen molar-refractivity contribution in [3.63, 3.8) is 0 Å². The van der Waals surface area contributed by atoms with E-state index >= 15 is 0 Å². The van der Waals surface area contributed by atoms with Crippen LogP contribution in [0.1, 0.15) is 0 Å². The summed E-state index contributed by atoms with van der Waals surface area (Å²) < 4.78 is 25.0. The third kappa shape index (κ3) is 5.23. The highest BCUT2D eigenvalue weighted by atomic mass is 16.6. The molecule has 0 radical (unpaired) electrons. The SMILES string of the molecule is c1ccc(N(c2ccccc2)c2cc3c(B4OCCO4)cc(N(c4ccccc4)c4ccccc4)c4ccc5c(B6OCCO6)ccc2c5c34)cc1. The maximum Gasteiger partial charge on any atom is 0.494 e. The maximum atomic E-state index is 6.36. The lowest BCUT2D eigenvalue weighted by atomic mass is 9.71. The number of anilines is 6. The molecule has 8 aromatic rings. The first-order valence-electron chi connectivity index (χ1n) is 17.9. The normalized spacial score (nSPS) is 14.6. The molecular formula is C44H34B2N2O4. The average Bonchev–Trinajstić information content (AvgIpc) is 3.96. The van der Waals surface area contributed by atoms with Crippen LogP contribution in [0.4, 0.5) is 34.1 Å². The second kappa shape index (κ2) is 13.2. The highest BCUT2D eigenvalue weighted by molar-refractivity contribution is 6.67. The molecule has 250 valence electrons. The summed E-state index contributed by atoms with van der Waals surface area (Å²) in [5.41, 5.74) is 8.41. The van der Waals surface area contributed by atoms with Crippen molar-refractivity contribution in [2.75, 3.05) is 36.2 Å². The number of nitrogens with zero attached hydrogens (tertiary/aromatic N) is 2. The Balaban J connectivity index is 1.35. The van der Waals surface area contributed by atoms with Gasteiger partial charge in [-0.25, -0.2) is 0 Å². The van der Waals surface area contributed by atoms with Crippen LogP contribution in [0, 0.1) is 0 Å². The van der Waals surface area contributed by atoms with Crippen molar-refractivity contribution in [2.24, 2.45) is 0 Å². The van der Waals surface area contributed by atoms with E-state index in [1.54, 1.807) is 0 Å². The van der Waals surface area contributed by atoms with Crippen molar-refractivity contribution >= 4 is 91.6 Å². The summed E-state index contributed by atoms with van der Waals surface area (Å²) in [6, 6.07) is 55.9. The molecule has 2 aliphatic rings. The van der Waals surface area contributed by atoms with Crippen LogP contribution in [0.25, 0.3) is 32.3 Å².